The highest BCUT2D eigenvalue weighted by molar-refractivity contribution is 7.66. The highest BCUT2D eigenvalue weighted by Gasteiger charge is 2.43. The number of nitrogens with two attached hydrogens (primary N) is 1. The van der Waals surface area contributed by atoms with Crippen molar-refractivity contribution in [1.29, 1.82) is 0 Å². The van der Waals surface area contributed by atoms with E-state index in [4.69, 9.17) is 25.2 Å². The highest BCUT2D eigenvalue weighted by Crippen LogP contribution is 2.66. The average molecular weight is 491 g/mol. The first-order valence-electron chi connectivity index (χ1n) is 7.82. The Morgan fingerprint density at radius 1 is 1.17 bits per heavy atom. The van der Waals surface area contributed by atoms with E-state index >= 15 is 0 Å². The number of fused-ring (bicyclic) bond motifs is 1. The molecule has 5 atom stereocenters. The zero-order valence-corrected chi connectivity index (χ0v) is 17.3. The van der Waals surface area contributed by atoms with Crippen LogP contribution in [0.5, 0.6) is 0 Å². The van der Waals surface area contributed by atoms with Gasteiger partial charge in [0.15, 0.2) is 5.65 Å². The first-order chi connectivity index (χ1) is 13.7. The van der Waals surface area contributed by atoms with E-state index in [9.17, 15) is 23.7 Å². The minimum Gasteiger partial charge on any atom is -0.390 e. The molecule has 0 aliphatic carbocycles. The monoisotopic (exact) mass is 491 g/mol. The Labute approximate surface area is 166 Å². The number of hydrogen-bond acceptors (Lipinski definition) is 12. The van der Waals surface area contributed by atoms with Crippen LogP contribution in [-0.4, -0.2) is 63.0 Å². The molecule has 2 unspecified atom stereocenters. The van der Waals surface area contributed by atoms with Crippen LogP contribution in [0.3, 0.4) is 0 Å². The van der Waals surface area contributed by atoms with Gasteiger partial charge in [-0.3, -0.25) is 9.09 Å². The maximum absolute atomic E-state index is 11.8. The summed E-state index contributed by atoms with van der Waals surface area (Å²) >= 11 is 0. The molecule has 0 spiro atoms. The first-order valence-corrected chi connectivity index (χ1v) is 12.3. The van der Waals surface area contributed by atoms with Crippen LogP contribution >= 0.6 is 23.5 Å². The van der Waals surface area contributed by atoms with E-state index in [1.54, 1.807) is 0 Å². The number of aliphatic hydroxyl groups is 1. The molecule has 0 saturated carbocycles. The average Bonchev–Trinajstić information content (AvgIpc) is 3.12. The Bertz CT molecular complexity index is 1070. The number of aromatic nitrogens is 4. The van der Waals surface area contributed by atoms with Gasteiger partial charge in [-0.25, -0.2) is 23.7 Å². The van der Waals surface area contributed by atoms with E-state index in [0.717, 1.165) is 0 Å². The maximum Gasteiger partial charge on any atom is 0.490 e. The summed E-state index contributed by atoms with van der Waals surface area (Å²) in [7, 11) is -16.5. The minimum absolute atomic E-state index is 0.000206. The lowest BCUT2D eigenvalue weighted by Crippen LogP contribution is -2.26. The summed E-state index contributed by atoms with van der Waals surface area (Å²) in [5.41, 5.74) is 6.26. The second kappa shape index (κ2) is 8.31. The van der Waals surface area contributed by atoms with Crippen molar-refractivity contribution in [2.75, 3.05) is 12.3 Å². The number of hydrogen-bond donors (Lipinski definition) is 6. The van der Waals surface area contributed by atoms with Gasteiger partial charge in [-0.2, -0.15) is 13.6 Å². The lowest BCUT2D eigenvalue weighted by Gasteiger charge is -2.19. The van der Waals surface area contributed by atoms with Gasteiger partial charge in [0.05, 0.1) is 25.2 Å². The predicted molar refractivity (Wildman–Crippen MR) is 94.1 cm³/mol. The fourth-order valence-electron chi connectivity index (χ4n) is 2.56. The largest absolute Gasteiger partial charge is 0.490 e. The van der Waals surface area contributed by atoms with Crippen LogP contribution in [0.4, 0.5) is 5.95 Å². The molecule has 1 fully saturated rings. The molecular formula is C10H16N5O12P3. The molecule has 20 heteroatoms. The van der Waals surface area contributed by atoms with E-state index in [1.165, 1.54) is 17.1 Å². The quantitative estimate of drug-likeness (QED) is 0.252. The van der Waals surface area contributed by atoms with Crippen molar-refractivity contribution in [2.45, 2.75) is 24.9 Å². The second-order valence-electron chi connectivity index (χ2n) is 5.91. The molecule has 0 radical (unpaired) electrons. The van der Waals surface area contributed by atoms with Crippen LogP contribution in [0.15, 0.2) is 12.5 Å². The zero-order chi connectivity index (χ0) is 22.3. The number of nitrogen functional groups attached to an aromatic ring is 1. The highest BCUT2D eigenvalue weighted by atomic mass is 31.3. The molecule has 30 heavy (non-hydrogen) atoms. The fraction of sp³-hybridized carbons (Fsp3) is 0.500. The Balaban J connectivity index is 1.64. The molecule has 168 valence electrons. The first kappa shape index (κ1) is 23.3. The molecule has 2 aromatic heterocycles. The number of nitrogens with zero attached hydrogens (tertiary/aromatic N) is 4. The van der Waals surface area contributed by atoms with E-state index in [1.807, 2.05) is 0 Å². The summed E-state index contributed by atoms with van der Waals surface area (Å²) < 4.78 is 52.3. The van der Waals surface area contributed by atoms with Crippen LogP contribution in [0.25, 0.3) is 11.2 Å². The van der Waals surface area contributed by atoms with E-state index in [2.05, 4.69) is 28.1 Å². The number of ether oxygens (including phenoxy) is 1. The van der Waals surface area contributed by atoms with E-state index in [0.29, 0.717) is 11.2 Å². The standard InChI is InChI=1S/C10H16N5O12P3/c11-10-12-2-5-9(14-10)15(4-13-5)8-1-6(16)7(25-8)3-24-29(20,21)27-30(22,23)26-28(17,18)19/h2,4,6-8,16H,1,3H2,(H,20,21)(H,22,23)(H2,11,12,14)(H2,17,18,19)/t6-,7-,8-/m1/s1. The number of anilines is 1. The maximum atomic E-state index is 11.8. The normalized spacial score (nSPS) is 26.5. The molecule has 7 N–H and O–H groups in total. The number of imidazole rings is 1. The topological polar surface area (TPSA) is 259 Å². The number of phosphoric acid groups is 3. The summed E-state index contributed by atoms with van der Waals surface area (Å²) in [4.78, 5) is 47.4. The summed E-state index contributed by atoms with van der Waals surface area (Å²) in [6, 6.07) is 0. The van der Waals surface area contributed by atoms with Crippen molar-refractivity contribution in [2.24, 2.45) is 0 Å². The van der Waals surface area contributed by atoms with Crippen molar-refractivity contribution < 1.29 is 56.3 Å². The van der Waals surface area contributed by atoms with Gasteiger partial charge in [0.25, 0.3) is 0 Å². The number of rotatable bonds is 8. The van der Waals surface area contributed by atoms with Gasteiger partial charge in [-0.05, 0) is 0 Å². The third-order valence-electron chi connectivity index (χ3n) is 3.67. The molecule has 17 nitrogen and oxygen atoms in total. The van der Waals surface area contributed by atoms with Gasteiger partial charge in [0.2, 0.25) is 5.95 Å². The van der Waals surface area contributed by atoms with Gasteiger partial charge in [0.1, 0.15) is 17.8 Å². The molecule has 0 amide bonds. The zero-order valence-electron chi connectivity index (χ0n) is 14.6. The third kappa shape index (κ3) is 5.88. The minimum atomic E-state index is -5.64. The molecule has 3 heterocycles. The fourth-order valence-corrected chi connectivity index (χ4v) is 5.59. The molecule has 1 aliphatic rings. The van der Waals surface area contributed by atoms with Crippen LogP contribution in [-0.2, 0) is 31.6 Å². The van der Waals surface area contributed by atoms with Crippen molar-refractivity contribution >= 4 is 40.6 Å². The predicted octanol–water partition coefficient (Wildman–Crippen LogP) is -0.600. The summed E-state index contributed by atoms with van der Waals surface area (Å²) in [5.74, 6) is -0.0213. The van der Waals surface area contributed by atoms with Gasteiger partial charge < -0.3 is 35.2 Å². The second-order valence-corrected chi connectivity index (χ2v) is 10.3. The summed E-state index contributed by atoms with van der Waals surface area (Å²) in [5, 5.41) is 10.1. The van der Waals surface area contributed by atoms with Crippen molar-refractivity contribution in [3.05, 3.63) is 12.5 Å². The lowest BCUT2D eigenvalue weighted by molar-refractivity contribution is -0.0423. The van der Waals surface area contributed by atoms with Crippen molar-refractivity contribution in [3.63, 3.8) is 0 Å². The Morgan fingerprint density at radius 2 is 1.87 bits per heavy atom. The number of phosphoric ester groups is 1. The summed E-state index contributed by atoms with van der Waals surface area (Å²) in [6.45, 7) is -0.787. The van der Waals surface area contributed by atoms with Gasteiger partial charge in [-0.15, -0.1) is 0 Å². The number of aliphatic hydroxyl groups excluding tert-OH is 1. The lowest BCUT2D eigenvalue weighted by atomic mass is 10.2. The molecular weight excluding hydrogens is 475 g/mol. The van der Waals surface area contributed by atoms with Gasteiger partial charge >= 0.3 is 23.5 Å². The van der Waals surface area contributed by atoms with Crippen LogP contribution in [0, 0.1) is 0 Å². The molecule has 0 bridgehead atoms. The Morgan fingerprint density at radius 3 is 2.53 bits per heavy atom. The molecule has 1 aliphatic heterocycles. The van der Waals surface area contributed by atoms with Gasteiger partial charge in [0, 0.05) is 6.42 Å². The van der Waals surface area contributed by atoms with Crippen LogP contribution in [0.1, 0.15) is 12.6 Å². The van der Waals surface area contributed by atoms with Gasteiger partial charge in [-0.1, -0.05) is 0 Å². The van der Waals surface area contributed by atoms with Crippen molar-refractivity contribution in [3.8, 4) is 0 Å². The van der Waals surface area contributed by atoms with Crippen molar-refractivity contribution in [1.82, 2.24) is 19.5 Å². The summed E-state index contributed by atoms with van der Waals surface area (Å²) in [6.07, 6.45) is -0.447. The van der Waals surface area contributed by atoms with E-state index in [-0.39, 0.29) is 12.4 Å². The molecule has 3 rings (SSSR count). The van der Waals surface area contributed by atoms with Crippen LogP contribution < -0.4 is 5.73 Å². The Hall–Kier alpha value is -1.32. The molecule has 2 aromatic rings. The SMILES string of the molecule is Nc1ncc2ncn([C@H]3C[C@@H](O)[C@@H](COP(=O)(O)OP(=O)(O)OP(=O)(O)O)O3)c2n1. The van der Waals surface area contributed by atoms with Crippen LogP contribution in [0.2, 0.25) is 0 Å². The molecule has 1 saturated heterocycles. The molecule has 0 aromatic carbocycles. The third-order valence-corrected chi connectivity index (χ3v) is 7.47. The smallest absolute Gasteiger partial charge is 0.390 e. The van der Waals surface area contributed by atoms with E-state index < -0.39 is 48.5 Å². The Kier molecular flexibility index (Phi) is 6.47.